The van der Waals surface area contributed by atoms with Gasteiger partial charge in [-0.1, -0.05) is 12.1 Å². The van der Waals surface area contributed by atoms with Crippen molar-refractivity contribution in [2.24, 2.45) is 0 Å². The molecule has 11 heteroatoms. The maximum atomic E-state index is 13.6. The van der Waals surface area contributed by atoms with E-state index in [0.29, 0.717) is 5.56 Å². The van der Waals surface area contributed by atoms with Gasteiger partial charge in [-0.3, -0.25) is 24.5 Å². The van der Waals surface area contributed by atoms with Gasteiger partial charge in [-0.25, -0.2) is 4.39 Å². The first kappa shape index (κ1) is 22.4. The highest BCUT2D eigenvalue weighted by Gasteiger charge is 2.43. The number of nitrogens with one attached hydrogen (secondary N) is 2. The van der Waals surface area contributed by atoms with Crippen molar-refractivity contribution in [2.75, 3.05) is 0 Å². The first-order valence-electron chi connectivity index (χ1n) is 9.95. The van der Waals surface area contributed by atoms with Crippen LogP contribution in [0.3, 0.4) is 0 Å². The Morgan fingerprint density at radius 2 is 1.79 bits per heavy atom. The van der Waals surface area contributed by atoms with Gasteiger partial charge in [0, 0.05) is 24.1 Å². The molecule has 1 saturated heterocycles. The van der Waals surface area contributed by atoms with Crippen LogP contribution in [0.5, 0.6) is 0 Å². The van der Waals surface area contributed by atoms with Crippen molar-refractivity contribution in [1.29, 1.82) is 0 Å². The lowest BCUT2D eigenvalue weighted by atomic mass is 10.0. The van der Waals surface area contributed by atoms with Gasteiger partial charge in [0.25, 0.3) is 11.8 Å². The third-order valence-corrected chi connectivity index (χ3v) is 5.59. The summed E-state index contributed by atoms with van der Waals surface area (Å²) >= 11 is 0. The van der Waals surface area contributed by atoms with Gasteiger partial charge in [0.2, 0.25) is 11.8 Å². The molecule has 0 aromatic heterocycles. The maximum absolute atomic E-state index is 13.6. The number of rotatable bonds is 4. The normalized spacial score (nSPS) is 19.2. The standard InChI is InChI=1S/C22H17F4N3O4/c23-14-4-1-11(2-5-14)18(22(24,25)26)28-19(31)12-3-6-15-13(9-12)10-29(21(15)33)16-7-8-17(30)27-20(16)32/h1-6,9,16,18H,7-8,10H2,(H,28,31)(H,27,30,32)/t16-,18?/m0/s1. The summed E-state index contributed by atoms with van der Waals surface area (Å²) in [4.78, 5) is 50.1. The fraction of sp³-hybridized carbons (Fsp3) is 0.273. The molecule has 172 valence electrons. The molecule has 0 saturated carbocycles. The van der Waals surface area contributed by atoms with Crippen LogP contribution in [0.25, 0.3) is 0 Å². The first-order chi connectivity index (χ1) is 15.5. The van der Waals surface area contributed by atoms with Crippen LogP contribution in [0.15, 0.2) is 42.5 Å². The zero-order valence-corrected chi connectivity index (χ0v) is 16.9. The first-order valence-corrected chi connectivity index (χ1v) is 9.95. The number of piperidine rings is 1. The molecule has 4 amide bonds. The molecule has 7 nitrogen and oxygen atoms in total. The van der Waals surface area contributed by atoms with Crippen LogP contribution >= 0.6 is 0 Å². The van der Waals surface area contributed by atoms with Crippen LogP contribution in [0.2, 0.25) is 0 Å². The highest BCUT2D eigenvalue weighted by atomic mass is 19.4. The third-order valence-electron chi connectivity index (χ3n) is 5.59. The largest absolute Gasteiger partial charge is 0.412 e. The smallest absolute Gasteiger partial charge is 0.337 e. The summed E-state index contributed by atoms with van der Waals surface area (Å²) in [5.74, 6) is -3.24. The van der Waals surface area contributed by atoms with E-state index in [0.717, 1.165) is 24.3 Å². The number of imide groups is 1. The van der Waals surface area contributed by atoms with Gasteiger partial charge >= 0.3 is 6.18 Å². The number of nitrogens with zero attached hydrogens (tertiary/aromatic N) is 1. The van der Waals surface area contributed by atoms with Crippen LogP contribution in [0.4, 0.5) is 17.6 Å². The Kier molecular flexibility index (Phi) is 5.64. The molecule has 4 rings (SSSR count). The molecule has 0 spiro atoms. The van der Waals surface area contributed by atoms with E-state index in [2.05, 4.69) is 5.32 Å². The highest BCUT2D eigenvalue weighted by Crippen LogP contribution is 2.33. The summed E-state index contributed by atoms with van der Waals surface area (Å²) in [6.07, 6.45) is -4.60. The van der Waals surface area contributed by atoms with Gasteiger partial charge in [0.05, 0.1) is 0 Å². The summed E-state index contributed by atoms with van der Waals surface area (Å²) in [5, 5.41) is 4.08. The molecule has 2 N–H and O–H groups in total. The number of hydrogen-bond donors (Lipinski definition) is 2. The Balaban J connectivity index is 1.54. The second-order valence-electron chi connectivity index (χ2n) is 7.77. The van der Waals surface area contributed by atoms with Crippen LogP contribution in [-0.2, 0) is 16.1 Å². The second-order valence-corrected chi connectivity index (χ2v) is 7.77. The Morgan fingerprint density at radius 1 is 1.09 bits per heavy atom. The molecule has 0 bridgehead atoms. The van der Waals surface area contributed by atoms with E-state index >= 15 is 0 Å². The van der Waals surface area contributed by atoms with Crippen LogP contribution < -0.4 is 10.6 Å². The minimum absolute atomic E-state index is 0.0256. The summed E-state index contributed by atoms with van der Waals surface area (Å²) in [6.45, 7) is -0.0256. The van der Waals surface area contributed by atoms with Crippen molar-refractivity contribution >= 4 is 23.6 Å². The number of benzene rings is 2. The minimum Gasteiger partial charge on any atom is -0.337 e. The van der Waals surface area contributed by atoms with E-state index in [1.165, 1.54) is 23.1 Å². The van der Waals surface area contributed by atoms with Crippen molar-refractivity contribution in [3.8, 4) is 0 Å². The van der Waals surface area contributed by atoms with Crippen LogP contribution in [-0.4, -0.2) is 40.7 Å². The van der Waals surface area contributed by atoms with Gasteiger partial charge < -0.3 is 10.2 Å². The number of carbonyl (C=O) groups excluding carboxylic acids is 4. The second kappa shape index (κ2) is 8.30. The average Bonchev–Trinajstić information content (AvgIpc) is 3.07. The SMILES string of the molecule is O=C1CC[C@H](N2Cc3cc(C(=O)NC(c4ccc(F)cc4)C(F)(F)F)ccc3C2=O)C(=O)N1. The number of hydrogen-bond acceptors (Lipinski definition) is 4. The quantitative estimate of drug-likeness (QED) is 0.538. The number of carbonyl (C=O) groups is 4. The highest BCUT2D eigenvalue weighted by molar-refractivity contribution is 6.06. The fourth-order valence-electron chi connectivity index (χ4n) is 3.94. The van der Waals surface area contributed by atoms with Crippen molar-refractivity contribution in [1.82, 2.24) is 15.5 Å². The van der Waals surface area contributed by atoms with Gasteiger partial charge in [0.1, 0.15) is 11.9 Å². The number of amides is 4. The van der Waals surface area contributed by atoms with Crippen LogP contribution in [0, 0.1) is 5.82 Å². The lowest BCUT2D eigenvalue weighted by Gasteiger charge is -2.29. The van der Waals surface area contributed by atoms with E-state index in [1.807, 2.05) is 5.32 Å². The van der Waals surface area contributed by atoms with Crippen molar-refractivity contribution < 1.29 is 36.7 Å². The Morgan fingerprint density at radius 3 is 2.42 bits per heavy atom. The monoisotopic (exact) mass is 463 g/mol. The molecule has 1 fully saturated rings. The molecular formula is C22H17F4N3O4. The van der Waals surface area contributed by atoms with Crippen LogP contribution in [0.1, 0.15) is 50.7 Å². The zero-order valence-electron chi connectivity index (χ0n) is 16.9. The molecule has 33 heavy (non-hydrogen) atoms. The molecule has 2 aromatic rings. The summed E-state index contributed by atoms with van der Waals surface area (Å²) in [7, 11) is 0. The minimum atomic E-state index is -4.83. The molecule has 2 aliphatic rings. The van der Waals surface area contributed by atoms with E-state index in [-0.39, 0.29) is 36.1 Å². The van der Waals surface area contributed by atoms with Crippen molar-refractivity contribution in [3.05, 3.63) is 70.5 Å². The molecular weight excluding hydrogens is 446 g/mol. The summed E-state index contributed by atoms with van der Waals surface area (Å²) in [6, 6.07) is 4.23. The lowest BCUT2D eigenvalue weighted by molar-refractivity contribution is -0.155. The predicted octanol–water partition coefficient (Wildman–Crippen LogP) is 2.62. The third kappa shape index (κ3) is 4.43. The van der Waals surface area contributed by atoms with E-state index < -0.39 is 47.7 Å². The van der Waals surface area contributed by atoms with Crippen molar-refractivity contribution in [3.63, 3.8) is 0 Å². The number of halogens is 4. The summed E-state index contributed by atoms with van der Waals surface area (Å²) < 4.78 is 53.8. The zero-order chi connectivity index (χ0) is 23.9. The lowest BCUT2D eigenvalue weighted by Crippen LogP contribution is -2.52. The van der Waals surface area contributed by atoms with Gasteiger partial charge in [-0.15, -0.1) is 0 Å². The average molecular weight is 463 g/mol. The Bertz CT molecular complexity index is 1150. The predicted molar refractivity (Wildman–Crippen MR) is 105 cm³/mol. The molecule has 2 aliphatic heterocycles. The Labute approximate surface area is 184 Å². The van der Waals surface area contributed by atoms with E-state index in [1.54, 1.807) is 0 Å². The number of alkyl halides is 3. The van der Waals surface area contributed by atoms with Crippen molar-refractivity contribution in [2.45, 2.75) is 37.6 Å². The molecule has 0 aliphatic carbocycles. The fourth-order valence-corrected chi connectivity index (χ4v) is 3.94. The topological polar surface area (TPSA) is 95.6 Å². The number of fused-ring (bicyclic) bond motifs is 1. The maximum Gasteiger partial charge on any atom is 0.412 e. The Hall–Kier alpha value is -3.76. The molecule has 2 aromatic carbocycles. The van der Waals surface area contributed by atoms with Gasteiger partial charge in [-0.05, 0) is 47.9 Å². The molecule has 1 unspecified atom stereocenters. The van der Waals surface area contributed by atoms with Gasteiger partial charge in [0.15, 0.2) is 6.04 Å². The molecule has 2 heterocycles. The van der Waals surface area contributed by atoms with E-state index in [9.17, 15) is 36.7 Å². The summed E-state index contributed by atoms with van der Waals surface area (Å²) in [5.41, 5.74) is 0.158. The molecule has 2 atom stereocenters. The van der Waals surface area contributed by atoms with Gasteiger partial charge in [-0.2, -0.15) is 13.2 Å². The molecule has 0 radical (unpaired) electrons. The van der Waals surface area contributed by atoms with E-state index in [4.69, 9.17) is 0 Å².